The summed E-state index contributed by atoms with van der Waals surface area (Å²) < 4.78 is 0. The molecule has 0 saturated carbocycles. The Morgan fingerprint density at radius 2 is 1.11 bits per heavy atom. The minimum atomic E-state index is 0.330. The predicted molar refractivity (Wildman–Crippen MR) is 116 cm³/mol. The van der Waals surface area contributed by atoms with Gasteiger partial charge in [-0.25, -0.2) is 0 Å². The van der Waals surface area contributed by atoms with Crippen LogP contribution in [0.1, 0.15) is 47.1 Å². The minimum Gasteiger partial charge on any atom is -0.356 e. The fraction of sp³-hybridized carbons (Fsp3) is 0.565. The lowest BCUT2D eigenvalue weighted by atomic mass is 10.1. The van der Waals surface area contributed by atoms with Crippen molar-refractivity contribution in [2.45, 2.75) is 60.8 Å². The summed E-state index contributed by atoms with van der Waals surface area (Å²) in [5.74, 6) is 1.05. The van der Waals surface area contributed by atoms with Crippen LogP contribution in [-0.2, 0) is 0 Å². The van der Waals surface area contributed by atoms with Crippen LogP contribution in [0.5, 0.6) is 0 Å². The molecule has 0 aromatic heterocycles. The van der Waals surface area contributed by atoms with Crippen LogP contribution in [0.4, 0.5) is 11.4 Å². The second kappa shape index (κ2) is 7.14. The largest absolute Gasteiger partial charge is 0.356 e. The van der Waals surface area contributed by atoms with E-state index in [4.69, 9.17) is 0 Å². The zero-order chi connectivity index (χ0) is 20.0. The van der Waals surface area contributed by atoms with Crippen molar-refractivity contribution in [1.82, 2.24) is 9.80 Å². The third-order valence-electron chi connectivity index (χ3n) is 6.30. The molecule has 2 aliphatic heterocycles. The molecular weight excluding hydrogens is 332 g/mol. The average Bonchev–Trinajstić information content (AvgIpc) is 3.07. The van der Waals surface area contributed by atoms with E-state index < -0.39 is 0 Å². The van der Waals surface area contributed by atoms with Crippen molar-refractivity contribution in [3.8, 4) is 0 Å². The Morgan fingerprint density at radius 1 is 0.741 bits per heavy atom. The van der Waals surface area contributed by atoms with E-state index in [0.29, 0.717) is 24.2 Å². The highest BCUT2D eigenvalue weighted by Gasteiger charge is 2.32. The van der Waals surface area contributed by atoms with E-state index in [1.54, 1.807) is 0 Å². The molecule has 0 unspecified atom stereocenters. The lowest BCUT2D eigenvalue weighted by Gasteiger charge is -2.33. The van der Waals surface area contributed by atoms with E-state index >= 15 is 0 Å². The molecule has 2 atom stereocenters. The molecule has 0 saturated heterocycles. The second-order valence-electron chi connectivity index (χ2n) is 8.64. The van der Waals surface area contributed by atoms with E-state index in [0.717, 1.165) is 0 Å². The van der Waals surface area contributed by atoms with Gasteiger partial charge in [0.25, 0.3) is 0 Å². The lowest BCUT2D eigenvalue weighted by molar-refractivity contribution is 0.327. The van der Waals surface area contributed by atoms with Crippen LogP contribution in [0.25, 0.3) is 0 Å². The van der Waals surface area contributed by atoms with Crippen LogP contribution in [-0.4, -0.2) is 36.2 Å². The molecule has 0 fully saturated rings. The molecule has 148 valence electrons. The lowest BCUT2D eigenvalue weighted by Crippen LogP contribution is -2.37. The number of hydrogen-bond acceptors (Lipinski definition) is 4. The van der Waals surface area contributed by atoms with Crippen molar-refractivity contribution < 1.29 is 0 Å². The van der Waals surface area contributed by atoms with Gasteiger partial charge in [0.15, 0.2) is 0 Å². The summed E-state index contributed by atoms with van der Waals surface area (Å²) in [6.07, 6.45) is 5.32. The van der Waals surface area contributed by atoms with Gasteiger partial charge in [-0.05, 0) is 50.3 Å². The first-order valence-electron chi connectivity index (χ1n) is 10.2. The van der Waals surface area contributed by atoms with E-state index in [1.807, 2.05) is 0 Å². The Kier molecular flexibility index (Phi) is 5.20. The highest BCUT2D eigenvalue weighted by atomic mass is 15.4. The Labute approximate surface area is 165 Å². The van der Waals surface area contributed by atoms with Crippen molar-refractivity contribution in [2.24, 2.45) is 11.8 Å². The number of hydrogen-bond donors (Lipinski definition) is 0. The van der Waals surface area contributed by atoms with E-state index in [1.165, 1.54) is 28.3 Å². The molecule has 4 nitrogen and oxygen atoms in total. The highest BCUT2D eigenvalue weighted by molar-refractivity contribution is 5.71. The molecule has 0 amide bonds. The molecule has 4 heteroatoms. The van der Waals surface area contributed by atoms with Gasteiger partial charge in [-0.1, -0.05) is 33.8 Å². The van der Waals surface area contributed by atoms with Crippen molar-refractivity contribution in [1.29, 1.82) is 0 Å². The number of nitrogens with zero attached hydrogens (tertiary/aromatic N) is 4. The molecule has 1 aromatic carbocycles. The van der Waals surface area contributed by atoms with Gasteiger partial charge in [-0.2, -0.15) is 0 Å². The molecule has 2 heterocycles. The molecule has 0 aliphatic carbocycles. The van der Waals surface area contributed by atoms with Crippen molar-refractivity contribution >= 4 is 11.4 Å². The first-order valence-corrected chi connectivity index (χ1v) is 10.2. The molecule has 1 aromatic rings. The van der Waals surface area contributed by atoms with Gasteiger partial charge in [0.05, 0.1) is 0 Å². The molecule has 27 heavy (non-hydrogen) atoms. The summed E-state index contributed by atoms with van der Waals surface area (Å²) in [6, 6.07) is 6.69. The van der Waals surface area contributed by atoms with Gasteiger partial charge in [0.1, 0.15) is 12.3 Å². The smallest absolute Gasteiger partial charge is 0.102 e. The molecule has 3 rings (SSSR count). The monoisotopic (exact) mass is 368 g/mol. The summed E-state index contributed by atoms with van der Waals surface area (Å²) >= 11 is 0. The quantitative estimate of drug-likeness (QED) is 0.725. The van der Waals surface area contributed by atoms with Crippen LogP contribution < -0.4 is 9.80 Å². The third kappa shape index (κ3) is 3.19. The Morgan fingerprint density at radius 3 is 1.41 bits per heavy atom. The fourth-order valence-corrected chi connectivity index (χ4v) is 4.31. The molecule has 0 radical (unpaired) electrons. The Bertz CT molecular complexity index is 701. The van der Waals surface area contributed by atoms with Gasteiger partial charge < -0.3 is 19.6 Å². The van der Waals surface area contributed by atoms with Crippen LogP contribution in [0.3, 0.4) is 0 Å². The summed E-state index contributed by atoms with van der Waals surface area (Å²) in [7, 11) is 4.40. The van der Waals surface area contributed by atoms with Crippen molar-refractivity contribution in [3.63, 3.8) is 0 Å². The molecular formula is C23H36N4. The SMILES string of the molecule is Cc1c(N2C=C(C(C)C)N(C)[C@H]2C)cccc1N1C=C(C(C)C)N(C)[C@@H]1C. The normalized spacial score (nSPS) is 23.1. The highest BCUT2D eigenvalue weighted by Crippen LogP contribution is 2.39. The fourth-order valence-electron chi connectivity index (χ4n) is 4.31. The number of rotatable bonds is 4. The summed E-state index contributed by atoms with van der Waals surface area (Å²) in [5.41, 5.74) is 6.71. The maximum absolute atomic E-state index is 2.42. The van der Waals surface area contributed by atoms with E-state index in [-0.39, 0.29) is 0 Å². The molecule has 0 bridgehead atoms. The molecule has 0 N–H and O–H groups in total. The molecule has 2 aliphatic rings. The second-order valence-corrected chi connectivity index (χ2v) is 8.64. The van der Waals surface area contributed by atoms with Gasteiger partial charge >= 0.3 is 0 Å². The van der Waals surface area contributed by atoms with E-state index in [9.17, 15) is 0 Å². The van der Waals surface area contributed by atoms with E-state index in [2.05, 4.69) is 113 Å². The molecule has 0 spiro atoms. The number of benzene rings is 1. The van der Waals surface area contributed by atoms with Crippen molar-refractivity contribution in [2.75, 3.05) is 23.9 Å². The van der Waals surface area contributed by atoms with Gasteiger partial charge in [0, 0.05) is 49.3 Å². The number of anilines is 2. The summed E-state index contributed by atoms with van der Waals surface area (Å²) in [5, 5.41) is 0. The maximum Gasteiger partial charge on any atom is 0.102 e. The zero-order valence-electron chi connectivity index (χ0n) is 18.5. The van der Waals surface area contributed by atoms with Crippen LogP contribution in [0, 0.1) is 18.8 Å². The van der Waals surface area contributed by atoms with Crippen LogP contribution in [0.2, 0.25) is 0 Å². The summed E-state index contributed by atoms with van der Waals surface area (Å²) in [4.78, 5) is 9.62. The zero-order valence-corrected chi connectivity index (χ0v) is 18.5. The van der Waals surface area contributed by atoms with Gasteiger partial charge in [-0.3, -0.25) is 0 Å². The Balaban J connectivity index is 2.01. The first kappa shape index (κ1) is 19.7. The van der Waals surface area contributed by atoms with Crippen molar-refractivity contribution in [3.05, 3.63) is 47.6 Å². The maximum atomic E-state index is 2.42. The van der Waals surface area contributed by atoms with Gasteiger partial charge in [-0.15, -0.1) is 0 Å². The predicted octanol–water partition coefficient (Wildman–Crippen LogP) is 5.19. The topological polar surface area (TPSA) is 13.0 Å². The minimum absolute atomic E-state index is 0.330. The standard InChI is InChI=1S/C23H36N4/c1-15(2)22-13-26(18(6)24(22)8)20-11-10-12-21(17(20)5)27-14-23(16(3)4)25(9)19(27)7/h10-16,18-19H,1-9H3/t18-,19+. The van der Waals surface area contributed by atoms with Gasteiger partial charge in [0.2, 0.25) is 0 Å². The number of allylic oxidation sites excluding steroid dienone is 2. The third-order valence-corrected chi connectivity index (χ3v) is 6.30. The van der Waals surface area contributed by atoms with Crippen LogP contribution in [0.15, 0.2) is 42.0 Å². The summed E-state index contributed by atoms with van der Waals surface area (Å²) in [6.45, 7) is 15.9. The Hall–Kier alpha value is -2.10. The first-order chi connectivity index (χ1) is 12.6. The van der Waals surface area contributed by atoms with Crippen LogP contribution >= 0.6 is 0 Å². The average molecular weight is 369 g/mol.